The van der Waals surface area contributed by atoms with Crippen molar-refractivity contribution in [2.75, 3.05) is 37.5 Å². The second-order valence-electron chi connectivity index (χ2n) is 9.37. The lowest BCUT2D eigenvalue weighted by atomic mass is 10.1. The summed E-state index contributed by atoms with van der Waals surface area (Å²) in [6.07, 6.45) is -1.16. The van der Waals surface area contributed by atoms with Crippen molar-refractivity contribution in [2.45, 2.75) is 26.6 Å². The molecule has 0 bridgehead atoms. The predicted octanol–water partition coefficient (Wildman–Crippen LogP) is 3.60. The van der Waals surface area contributed by atoms with Crippen LogP contribution in [0.5, 0.6) is 0 Å². The molecule has 3 rings (SSSR count). The van der Waals surface area contributed by atoms with E-state index < -0.39 is 17.6 Å². The number of rotatable bonds is 10. The molecule has 6 N–H and O–H groups in total. The minimum absolute atomic E-state index is 0.0436. The summed E-state index contributed by atoms with van der Waals surface area (Å²) in [5.74, 6) is 5.80. The number of benzene rings is 2. The fourth-order valence-electron chi connectivity index (χ4n) is 4.10. The summed E-state index contributed by atoms with van der Waals surface area (Å²) in [7, 11) is 5.37. The van der Waals surface area contributed by atoms with Gasteiger partial charge < -0.3 is 21.3 Å². The van der Waals surface area contributed by atoms with Crippen LogP contribution < -0.4 is 27.2 Å². The topological polar surface area (TPSA) is 117 Å². The van der Waals surface area contributed by atoms with Crippen molar-refractivity contribution in [2.24, 2.45) is 18.6 Å². The van der Waals surface area contributed by atoms with Crippen LogP contribution in [0.3, 0.4) is 0 Å². The van der Waals surface area contributed by atoms with E-state index in [4.69, 9.17) is 11.6 Å². The fourth-order valence-corrected chi connectivity index (χ4v) is 4.10. The lowest BCUT2D eigenvalue weighted by Crippen LogP contribution is -2.27. The lowest BCUT2D eigenvalue weighted by molar-refractivity contribution is -0.137. The number of carbonyl (C=O) groups is 1. The lowest BCUT2D eigenvalue weighted by Gasteiger charge is -2.20. The van der Waals surface area contributed by atoms with Crippen LogP contribution in [0.1, 0.15) is 38.3 Å². The van der Waals surface area contributed by atoms with Crippen molar-refractivity contribution >= 4 is 23.0 Å². The monoisotopic (exact) mass is 544 g/mol. The van der Waals surface area contributed by atoms with Crippen LogP contribution in [0, 0.1) is 13.8 Å². The van der Waals surface area contributed by atoms with Gasteiger partial charge in [-0.25, -0.2) is 5.84 Å². The summed E-state index contributed by atoms with van der Waals surface area (Å²) in [6.45, 7) is 4.91. The maximum atomic E-state index is 13.6. The number of alkyl halides is 3. The van der Waals surface area contributed by atoms with Crippen LogP contribution in [-0.2, 0) is 19.8 Å². The number of amides is 1. The Labute approximate surface area is 226 Å². The highest BCUT2D eigenvalue weighted by Gasteiger charge is 2.31. The molecule has 0 fully saturated rings. The second kappa shape index (κ2) is 12.3. The summed E-state index contributed by atoms with van der Waals surface area (Å²) in [5.41, 5.74) is 9.26. The molecule has 0 unspecified atom stereocenters. The molecule has 1 aromatic heterocycles. The number of likely N-dealkylation sites (N-methyl/N-ethyl adjacent to an activating group) is 1. The molecule has 0 saturated carbocycles. The Hall–Kier alpha value is -3.87. The largest absolute Gasteiger partial charge is 0.416 e. The SMILES string of the molecule is CN/C(=C\N(N)c1cc(C(=O)Nc2cc(CN(C)CCN)cc(C(F)(F)F)c2)ccc1C)c1cnn(C)c1C. The highest BCUT2D eigenvalue weighted by molar-refractivity contribution is 6.05. The third-order valence-corrected chi connectivity index (χ3v) is 6.35. The zero-order valence-corrected chi connectivity index (χ0v) is 22.7. The number of anilines is 2. The van der Waals surface area contributed by atoms with E-state index in [1.807, 2.05) is 25.8 Å². The van der Waals surface area contributed by atoms with E-state index in [9.17, 15) is 18.0 Å². The summed E-state index contributed by atoms with van der Waals surface area (Å²) in [5, 5.41) is 11.4. The maximum Gasteiger partial charge on any atom is 0.416 e. The molecule has 0 aliphatic rings. The Morgan fingerprint density at radius 3 is 2.49 bits per heavy atom. The first-order valence-electron chi connectivity index (χ1n) is 12.3. The molecule has 3 aromatic rings. The van der Waals surface area contributed by atoms with Gasteiger partial charge in [0.2, 0.25) is 0 Å². The van der Waals surface area contributed by atoms with Gasteiger partial charge in [0.1, 0.15) is 0 Å². The Bertz CT molecular complexity index is 1350. The third-order valence-electron chi connectivity index (χ3n) is 6.35. The van der Waals surface area contributed by atoms with Crippen LogP contribution in [-0.4, -0.2) is 47.8 Å². The number of aromatic nitrogens is 2. The molecule has 0 radical (unpaired) electrons. The van der Waals surface area contributed by atoms with Gasteiger partial charge in [-0.1, -0.05) is 6.07 Å². The van der Waals surface area contributed by atoms with E-state index >= 15 is 0 Å². The van der Waals surface area contributed by atoms with Gasteiger partial charge in [0.25, 0.3) is 5.91 Å². The first-order chi connectivity index (χ1) is 18.3. The predicted molar refractivity (Wildman–Crippen MR) is 148 cm³/mol. The number of hydrogen-bond donors (Lipinski definition) is 4. The molecule has 39 heavy (non-hydrogen) atoms. The van der Waals surface area contributed by atoms with Gasteiger partial charge in [-0.2, -0.15) is 18.3 Å². The molecule has 1 heterocycles. The molecule has 12 heteroatoms. The van der Waals surface area contributed by atoms with Gasteiger partial charge >= 0.3 is 6.18 Å². The number of nitrogens with one attached hydrogen (secondary N) is 2. The highest BCUT2D eigenvalue weighted by atomic mass is 19.4. The molecule has 9 nitrogen and oxygen atoms in total. The minimum Gasteiger partial charge on any atom is -0.386 e. The number of nitrogens with two attached hydrogens (primary N) is 2. The average molecular weight is 545 g/mol. The molecule has 2 aromatic carbocycles. The number of halogens is 3. The summed E-state index contributed by atoms with van der Waals surface area (Å²) >= 11 is 0. The van der Waals surface area contributed by atoms with E-state index in [1.165, 1.54) is 11.1 Å². The van der Waals surface area contributed by atoms with Crippen molar-refractivity contribution in [3.63, 3.8) is 0 Å². The summed E-state index contributed by atoms with van der Waals surface area (Å²) < 4.78 is 42.5. The Morgan fingerprint density at radius 2 is 1.90 bits per heavy atom. The molecule has 0 atom stereocenters. The van der Waals surface area contributed by atoms with Crippen molar-refractivity contribution in [3.05, 3.63) is 82.3 Å². The molecule has 1 amide bonds. The van der Waals surface area contributed by atoms with E-state index in [1.54, 1.807) is 49.4 Å². The van der Waals surface area contributed by atoms with Crippen molar-refractivity contribution < 1.29 is 18.0 Å². The molecule has 0 aliphatic carbocycles. The molecule has 0 spiro atoms. The van der Waals surface area contributed by atoms with Crippen molar-refractivity contribution in [1.82, 2.24) is 20.0 Å². The minimum atomic E-state index is -4.57. The van der Waals surface area contributed by atoms with Crippen molar-refractivity contribution in [1.29, 1.82) is 0 Å². The molecule has 0 saturated heterocycles. The van der Waals surface area contributed by atoms with Crippen LogP contribution in [0.25, 0.3) is 5.70 Å². The molecular formula is C27H35F3N8O. The van der Waals surface area contributed by atoms with Crippen LogP contribution in [0.4, 0.5) is 24.5 Å². The van der Waals surface area contributed by atoms with E-state index in [2.05, 4.69) is 15.7 Å². The summed E-state index contributed by atoms with van der Waals surface area (Å²) in [4.78, 5) is 14.9. The number of nitrogens with zero attached hydrogens (tertiary/aromatic N) is 4. The Kier molecular flexibility index (Phi) is 9.38. The third kappa shape index (κ3) is 7.37. The Morgan fingerprint density at radius 1 is 1.18 bits per heavy atom. The van der Waals surface area contributed by atoms with E-state index in [0.29, 0.717) is 30.0 Å². The van der Waals surface area contributed by atoms with E-state index in [0.717, 1.165) is 29.0 Å². The van der Waals surface area contributed by atoms with Crippen molar-refractivity contribution in [3.8, 4) is 0 Å². The normalized spacial score (nSPS) is 12.1. The number of hydrogen-bond acceptors (Lipinski definition) is 7. The molecular weight excluding hydrogens is 509 g/mol. The number of carbonyl (C=O) groups excluding carboxylic acids is 1. The standard InChI is InChI=1S/C27H35F3N8O/c1-17-6-7-20(12-25(17)38(32)16-24(33-3)23-14-34-37(5)18(23)2)26(39)35-22-11-19(15-36(4)9-8-31)10-21(13-22)27(28,29)30/h6-7,10-14,16,33H,8-9,15,31-32H2,1-5H3,(H,35,39)/b24-16-. The smallest absolute Gasteiger partial charge is 0.386 e. The summed E-state index contributed by atoms with van der Waals surface area (Å²) in [6, 6.07) is 8.45. The van der Waals surface area contributed by atoms with Gasteiger partial charge in [-0.05, 0) is 62.4 Å². The second-order valence-corrected chi connectivity index (χ2v) is 9.37. The van der Waals surface area contributed by atoms with Crippen LogP contribution >= 0.6 is 0 Å². The number of hydrazine groups is 1. The zero-order chi connectivity index (χ0) is 28.9. The first kappa shape index (κ1) is 29.7. The average Bonchev–Trinajstić information content (AvgIpc) is 3.19. The zero-order valence-electron chi connectivity index (χ0n) is 22.7. The van der Waals surface area contributed by atoms with Crippen LogP contribution in [0.15, 0.2) is 48.8 Å². The quantitative estimate of drug-likeness (QED) is 0.228. The van der Waals surface area contributed by atoms with Gasteiger partial charge in [0, 0.05) is 62.4 Å². The van der Waals surface area contributed by atoms with Crippen LogP contribution in [0.2, 0.25) is 0 Å². The molecule has 0 aliphatic heterocycles. The number of aryl methyl sites for hydroxylation is 2. The molecule has 210 valence electrons. The van der Waals surface area contributed by atoms with Gasteiger partial charge in [0.05, 0.1) is 23.1 Å². The van der Waals surface area contributed by atoms with Gasteiger partial charge in [0.15, 0.2) is 0 Å². The fraction of sp³-hybridized carbons (Fsp3) is 0.333. The van der Waals surface area contributed by atoms with E-state index in [-0.39, 0.29) is 17.8 Å². The maximum absolute atomic E-state index is 13.6. The van der Waals surface area contributed by atoms with Gasteiger partial charge in [-0.3, -0.25) is 14.5 Å². The first-order valence-corrected chi connectivity index (χ1v) is 12.3. The van der Waals surface area contributed by atoms with Gasteiger partial charge in [-0.15, -0.1) is 0 Å². The Balaban J connectivity index is 1.90. The highest BCUT2D eigenvalue weighted by Crippen LogP contribution is 2.32.